The number of hydrogen-bond donors (Lipinski definition) is 0. The summed E-state index contributed by atoms with van der Waals surface area (Å²) in [5.41, 5.74) is 0. The molecule has 0 aliphatic heterocycles. The Morgan fingerprint density at radius 1 is 0.286 bits per heavy atom. The molecule has 0 aliphatic rings. The van der Waals surface area contributed by atoms with E-state index in [2.05, 4.69) is 191 Å². The fourth-order valence-corrected chi connectivity index (χ4v) is 6.26. The maximum atomic E-state index is 12.8. The lowest BCUT2D eigenvalue weighted by Crippen LogP contribution is -2.30. The number of hydrogen-bond acceptors (Lipinski definition) is 6. The van der Waals surface area contributed by atoms with E-state index >= 15 is 0 Å². The van der Waals surface area contributed by atoms with E-state index in [0.29, 0.717) is 12.8 Å². The Morgan fingerprint density at radius 3 is 0.900 bits per heavy atom. The molecule has 0 rings (SSSR count). The van der Waals surface area contributed by atoms with Gasteiger partial charge in [0.05, 0.1) is 0 Å². The van der Waals surface area contributed by atoms with Gasteiger partial charge in [0.25, 0.3) is 0 Å². The van der Waals surface area contributed by atoms with Crippen molar-refractivity contribution in [3.63, 3.8) is 0 Å². The second kappa shape index (κ2) is 56.1. The second-order valence-corrected chi connectivity index (χ2v) is 16.6. The highest BCUT2D eigenvalue weighted by Crippen LogP contribution is 2.09. The average Bonchev–Trinajstić information content (AvgIpc) is 3.36. The van der Waals surface area contributed by atoms with Crippen LogP contribution in [-0.4, -0.2) is 37.2 Å². The number of carbonyl (C=O) groups is 3. The molecule has 0 saturated heterocycles. The van der Waals surface area contributed by atoms with Crippen LogP contribution in [0.3, 0.4) is 0 Å². The molecule has 0 aromatic carbocycles. The Bertz CT molecular complexity index is 1720. The number of carbonyl (C=O) groups excluding carboxylic acids is 3. The summed E-state index contributed by atoms with van der Waals surface area (Å²) >= 11 is 0. The third kappa shape index (κ3) is 53.5. The summed E-state index contributed by atoms with van der Waals surface area (Å²) in [6, 6.07) is 0. The molecule has 6 heteroatoms. The van der Waals surface area contributed by atoms with Crippen molar-refractivity contribution in [1.82, 2.24) is 0 Å². The van der Waals surface area contributed by atoms with Gasteiger partial charge >= 0.3 is 17.9 Å². The lowest BCUT2D eigenvalue weighted by Gasteiger charge is -2.18. The van der Waals surface area contributed by atoms with Crippen LogP contribution < -0.4 is 0 Å². The summed E-state index contributed by atoms with van der Waals surface area (Å²) in [6.45, 7) is 6.12. The Kier molecular flexibility index (Phi) is 51.7. The number of ether oxygens (including phenoxy) is 3. The molecule has 0 fully saturated rings. The van der Waals surface area contributed by atoms with Crippen LogP contribution in [0.15, 0.2) is 182 Å². The largest absolute Gasteiger partial charge is 0.462 e. The first-order chi connectivity index (χ1) is 34.5. The van der Waals surface area contributed by atoms with Gasteiger partial charge in [-0.15, -0.1) is 0 Å². The average molecular weight is 959 g/mol. The summed E-state index contributed by atoms with van der Waals surface area (Å²) < 4.78 is 16.7. The van der Waals surface area contributed by atoms with Gasteiger partial charge in [0.2, 0.25) is 0 Å². The van der Waals surface area contributed by atoms with Crippen molar-refractivity contribution in [2.75, 3.05) is 13.2 Å². The van der Waals surface area contributed by atoms with Crippen LogP contribution in [0.1, 0.15) is 181 Å². The minimum atomic E-state index is -0.863. The predicted octanol–water partition coefficient (Wildman–Crippen LogP) is 18.1. The molecule has 386 valence electrons. The van der Waals surface area contributed by atoms with E-state index in [0.717, 1.165) is 128 Å². The van der Waals surface area contributed by atoms with Crippen LogP contribution in [0.2, 0.25) is 0 Å². The monoisotopic (exact) mass is 959 g/mol. The summed E-state index contributed by atoms with van der Waals surface area (Å²) in [4.78, 5) is 38.0. The van der Waals surface area contributed by atoms with Crippen LogP contribution >= 0.6 is 0 Å². The molecular weight excluding hydrogens is 865 g/mol. The number of allylic oxidation sites excluding steroid dienone is 30. The van der Waals surface area contributed by atoms with E-state index in [1.54, 1.807) is 0 Å². The molecule has 1 atom stereocenters. The van der Waals surface area contributed by atoms with E-state index < -0.39 is 18.0 Å². The van der Waals surface area contributed by atoms with Gasteiger partial charge in [0.1, 0.15) is 13.2 Å². The lowest BCUT2D eigenvalue weighted by atomic mass is 10.1. The van der Waals surface area contributed by atoms with Crippen molar-refractivity contribution < 1.29 is 28.6 Å². The van der Waals surface area contributed by atoms with E-state index in [1.807, 2.05) is 12.2 Å². The molecule has 0 aliphatic carbocycles. The smallest absolute Gasteiger partial charge is 0.306 e. The van der Waals surface area contributed by atoms with E-state index in [-0.39, 0.29) is 38.4 Å². The Balaban J connectivity index is 4.70. The first kappa shape index (κ1) is 64.5. The molecule has 0 saturated carbocycles. The Morgan fingerprint density at radius 2 is 0.557 bits per heavy atom. The molecule has 0 aromatic heterocycles. The predicted molar refractivity (Wildman–Crippen MR) is 301 cm³/mol. The molecule has 0 N–H and O–H groups in total. The van der Waals surface area contributed by atoms with E-state index in [1.165, 1.54) is 0 Å². The Labute approximate surface area is 427 Å². The molecule has 70 heavy (non-hydrogen) atoms. The first-order valence-corrected chi connectivity index (χ1v) is 26.8. The van der Waals surface area contributed by atoms with Gasteiger partial charge in [0, 0.05) is 19.3 Å². The normalized spacial score (nSPS) is 13.6. The van der Waals surface area contributed by atoms with Crippen LogP contribution in [-0.2, 0) is 28.6 Å². The fraction of sp³-hybridized carbons (Fsp3) is 0.484. The van der Waals surface area contributed by atoms with E-state index in [4.69, 9.17) is 14.2 Å². The van der Waals surface area contributed by atoms with Gasteiger partial charge in [-0.05, 0) is 135 Å². The third-order valence-corrected chi connectivity index (χ3v) is 10.2. The van der Waals surface area contributed by atoms with Gasteiger partial charge in [-0.2, -0.15) is 0 Å². The molecule has 1 unspecified atom stereocenters. The molecule has 0 radical (unpaired) electrons. The summed E-state index contributed by atoms with van der Waals surface area (Å²) in [7, 11) is 0. The van der Waals surface area contributed by atoms with Crippen molar-refractivity contribution in [2.24, 2.45) is 0 Å². The first-order valence-electron chi connectivity index (χ1n) is 26.8. The zero-order valence-electron chi connectivity index (χ0n) is 43.9. The minimum Gasteiger partial charge on any atom is -0.462 e. The quantitative estimate of drug-likeness (QED) is 0.0262. The van der Waals surface area contributed by atoms with Crippen LogP contribution in [0.5, 0.6) is 0 Å². The Hall–Kier alpha value is -5.49. The summed E-state index contributed by atoms with van der Waals surface area (Å²) in [6.07, 6.45) is 84.6. The molecule has 0 spiro atoms. The van der Waals surface area contributed by atoms with Crippen LogP contribution in [0, 0.1) is 0 Å². The van der Waals surface area contributed by atoms with Gasteiger partial charge in [-0.3, -0.25) is 14.4 Å². The van der Waals surface area contributed by atoms with Crippen molar-refractivity contribution in [3.05, 3.63) is 182 Å². The van der Waals surface area contributed by atoms with Crippen molar-refractivity contribution >= 4 is 17.9 Å². The highest BCUT2D eigenvalue weighted by atomic mass is 16.6. The summed E-state index contributed by atoms with van der Waals surface area (Å²) in [5.74, 6) is -1.14. The van der Waals surface area contributed by atoms with E-state index in [9.17, 15) is 14.4 Å². The highest BCUT2D eigenvalue weighted by molar-refractivity contribution is 5.71. The number of unbranched alkanes of at least 4 members (excludes halogenated alkanes) is 4. The standard InChI is InChI=1S/C64H94O6/c1-4-7-10-13-16-19-22-25-28-31-32-34-36-39-42-45-48-51-54-57-63(66)69-60-61(59-68-62(65)56-53-50-47-44-41-38-35-30-27-24-21-18-15-12-9-6-3)70-64(67)58-55-52-49-46-43-40-37-33-29-26-23-20-17-14-11-8-5-2/h7-12,16-21,25-30,32,34,37-42,46,48-49,51,61H,4-6,13-15,22-24,31,33,35-36,43-45,47,50,52-60H2,1-3H3/b10-7-,11-8-,12-9-,19-16-,20-17-,21-18-,28-25-,29-26-,30-27-,34-32-,40-37-,41-38-,42-39-,49-46-,51-48-. The fourth-order valence-electron chi connectivity index (χ4n) is 6.26. The van der Waals surface area contributed by atoms with Gasteiger partial charge < -0.3 is 14.2 Å². The minimum absolute atomic E-state index is 0.151. The molecule has 6 nitrogen and oxygen atoms in total. The molecule has 0 heterocycles. The molecule has 0 bridgehead atoms. The molecule has 0 amide bonds. The second-order valence-electron chi connectivity index (χ2n) is 16.6. The number of rotatable bonds is 45. The topological polar surface area (TPSA) is 78.9 Å². The van der Waals surface area contributed by atoms with Crippen molar-refractivity contribution in [3.8, 4) is 0 Å². The van der Waals surface area contributed by atoms with Crippen LogP contribution in [0.4, 0.5) is 0 Å². The van der Waals surface area contributed by atoms with Gasteiger partial charge in [0.15, 0.2) is 6.10 Å². The molecule has 0 aromatic rings. The third-order valence-electron chi connectivity index (χ3n) is 10.2. The summed E-state index contributed by atoms with van der Waals surface area (Å²) in [5, 5.41) is 0. The van der Waals surface area contributed by atoms with Gasteiger partial charge in [-0.1, -0.05) is 209 Å². The van der Waals surface area contributed by atoms with Crippen molar-refractivity contribution in [2.45, 2.75) is 187 Å². The zero-order valence-corrected chi connectivity index (χ0v) is 43.9. The van der Waals surface area contributed by atoms with Crippen LogP contribution in [0.25, 0.3) is 0 Å². The number of esters is 3. The SMILES string of the molecule is CC/C=C\C/C=C\C/C=C\C/C=C\C/C=C\C/C=C\CCC(=O)OCC(COC(=O)CCCCC/C=C\C/C=C\C/C=C\C/C=C\CC)OC(=O)CCC/C=C\C/C=C\C/C=C\C/C=C\C/C=C\CC. The van der Waals surface area contributed by atoms with Gasteiger partial charge in [-0.25, -0.2) is 0 Å². The zero-order chi connectivity index (χ0) is 50.7. The maximum Gasteiger partial charge on any atom is 0.306 e. The maximum absolute atomic E-state index is 12.8. The lowest BCUT2D eigenvalue weighted by molar-refractivity contribution is -0.166. The highest BCUT2D eigenvalue weighted by Gasteiger charge is 2.19. The molecular formula is C64H94O6. The van der Waals surface area contributed by atoms with Crippen molar-refractivity contribution in [1.29, 1.82) is 0 Å².